The Hall–Kier alpha value is -2.09. The molecule has 0 unspecified atom stereocenters. The fraction of sp³-hybridized carbons (Fsp3) is 0.409. The average Bonchev–Trinajstić information content (AvgIpc) is 2.69. The summed E-state index contributed by atoms with van der Waals surface area (Å²) in [5.41, 5.74) is 0.172. The summed E-state index contributed by atoms with van der Waals surface area (Å²) in [7, 11) is 0. The number of alkyl halides is 3. The first kappa shape index (κ1) is 22.6. The zero-order valence-electron chi connectivity index (χ0n) is 16.3. The van der Waals surface area contributed by atoms with Gasteiger partial charge < -0.3 is 14.7 Å². The van der Waals surface area contributed by atoms with Gasteiger partial charge in [-0.05, 0) is 55.6 Å². The van der Waals surface area contributed by atoms with Crippen molar-refractivity contribution < 1.29 is 27.8 Å². The maximum Gasteiger partial charge on any atom is 0.573 e. The summed E-state index contributed by atoms with van der Waals surface area (Å²) in [6.45, 7) is 2.08. The minimum atomic E-state index is -4.79. The van der Waals surface area contributed by atoms with Crippen molar-refractivity contribution in [3.05, 3.63) is 64.7 Å². The van der Waals surface area contributed by atoms with E-state index < -0.39 is 17.7 Å². The van der Waals surface area contributed by atoms with Crippen LogP contribution in [0, 0.1) is 0 Å². The molecule has 2 aromatic carbocycles. The lowest BCUT2D eigenvalue weighted by atomic mass is 9.84. The smallest absolute Gasteiger partial charge is 0.406 e. The lowest BCUT2D eigenvalue weighted by Gasteiger charge is -2.38. The molecule has 1 fully saturated rings. The van der Waals surface area contributed by atoms with E-state index >= 15 is 0 Å². The van der Waals surface area contributed by atoms with E-state index in [2.05, 4.69) is 9.64 Å². The van der Waals surface area contributed by atoms with Crippen LogP contribution in [0.2, 0.25) is 5.02 Å². The predicted molar refractivity (Wildman–Crippen MR) is 108 cm³/mol. The summed E-state index contributed by atoms with van der Waals surface area (Å²) in [6.07, 6.45) is -2.81. The highest BCUT2D eigenvalue weighted by atomic mass is 35.5. The van der Waals surface area contributed by atoms with Crippen molar-refractivity contribution in [3.63, 3.8) is 0 Å². The van der Waals surface area contributed by atoms with E-state index in [4.69, 9.17) is 11.6 Å². The van der Waals surface area contributed by atoms with Crippen LogP contribution >= 0.6 is 11.6 Å². The zero-order valence-corrected chi connectivity index (χ0v) is 17.0. The number of aliphatic hydroxyl groups is 1. The minimum absolute atomic E-state index is 0.201. The molecule has 0 aromatic heterocycles. The van der Waals surface area contributed by atoms with E-state index in [9.17, 15) is 23.1 Å². The molecular weight excluding hydrogens is 419 g/mol. The van der Waals surface area contributed by atoms with Crippen molar-refractivity contribution in [2.24, 2.45) is 0 Å². The second kappa shape index (κ2) is 9.37. The van der Waals surface area contributed by atoms with E-state index in [1.165, 1.54) is 18.2 Å². The third-order valence-corrected chi connectivity index (χ3v) is 5.58. The minimum Gasteiger partial charge on any atom is -0.406 e. The first-order chi connectivity index (χ1) is 14.1. The number of benzene rings is 2. The van der Waals surface area contributed by atoms with Crippen LogP contribution in [-0.2, 0) is 5.60 Å². The van der Waals surface area contributed by atoms with Crippen LogP contribution in [0.3, 0.4) is 0 Å². The molecule has 1 aliphatic heterocycles. The molecule has 162 valence electrons. The van der Waals surface area contributed by atoms with Crippen LogP contribution < -0.4 is 4.74 Å². The molecule has 3 rings (SSSR count). The van der Waals surface area contributed by atoms with Crippen LogP contribution in [0.4, 0.5) is 13.2 Å². The van der Waals surface area contributed by atoms with Crippen molar-refractivity contribution in [1.29, 1.82) is 0 Å². The summed E-state index contributed by atoms with van der Waals surface area (Å²) < 4.78 is 40.8. The van der Waals surface area contributed by atoms with E-state index in [0.29, 0.717) is 43.9 Å². The number of Topliss-reactive ketones (excluding diaryl/α,β-unsaturated/α-hetero) is 1. The molecule has 0 spiro atoms. The number of ketones is 1. The lowest BCUT2D eigenvalue weighted by molar-refractivity contribution is -0.274. The van der Waals surface area contributed by atoms with Gasteiger partial charge in [0, 0.05) is 30.1 Å². The van der Waals surface area contributed by atoms with Crippen LogP contribution in [0.1, 0.15) is 41.6 Å². The number of hydrogen-bond acceptors (Lipinski definition) is 4. The molecule has 1 aliphatic rings. The summed E-state index contributed by atoms with van der Waals surface area (Å²) in [5, 5.41) is 11.5. The number of carbonyl (C=O) groups is 1. The number of carbonyl (C=O) groups excluding carboxylic acids is 1. The van der Waals surface area contributed by atoms with Crippen molar-refractivity contribution >= 4 is 17.4 Å². The molecule has 0 atom stereocenters. The Morgan fingerprint density at radius 2 is 1.80 bits per heavy atom. The highest BCUT2D eigenvalue weighted by Gasteiger charge is 2.34. The van der Waals surface area contributed by atoms with Crippen LogP contribution in [0.5, 0.6) is 5.75 Å². The number of likely N-dealkylation sites (tertiary alicyclic amines) is 1. The van der Waals surface area contributed by atoms with Gasteiger partial charge in [0.1, 0.15) is 5.75 Å². The molecule has 0 radical (unpaired) electrons. The van der Waals surface area contributed by atoms with E-state index in [1.54, 1.807) is 12.1 Å². The van der Waals surface area contributed by atoms with Crippen molar-refractivity contribution in [1.82, 2.24) is 4.90 Å². The van der Waals surface area contributed by atoms with Crippen LogP contribution in [0.15, 0.2) is 48.5 Å². The summed E-state index contributed by atoms with van der Waals surface area (Å²) >= 11 is 5.91. The SMILES string of the molecule is O=C(CCCN1CCC(O)(c2ccc(Cl)cc2)CC1)c1cccc(OC(F)(F)F)c1. The van der Waals surface area contributed by atoms with E-state index in [-0.39, 0.29) is 17.8 Å². The first-order valence-corrected chi connectivity index (χ1v) is 10.1. The molecule has 0 aliphatic carbocycles. The number of ether oxygens (including phenoxy) is 1. The molecule has 0 saturated carbocycles. The summed E-state index contributed by atoms with van der Waals surface area (Å²) in [6, 6.07) is 12.3. The van der Waals surface area contributed by atoms with Gasteiger partial charge in [-0.2, -0.15) is 0 Å². The Kier molecular flexibility index (Phi) is 7.06. The quantitative estimate of drug-likeness (QED) is 0.601. The third-order valence-electron chi connectivity index (χ3n) is 5.33. The van der Waals surface area contributed by atoms with Gasteiger partial charge in [-0.3, -0.25) is 4.79 Å². The Balaban J connectivity index is 1.46. The number of piperidine rings is 1. The fourth-order valence-corrected chi connectivity index (χ4v) is 3.80. The molecule has 1 saturated heterocycles. The number of halogens is 4. The second-order valence-electron chi connectivity index (χ2n) is 7.48. The molecule has 1 N–H and O–H groups in total. The van der Waals surface area contributed by atoms with Crippen LogP contribution in [-0.4, -0.2) is 41.8 Å². The molecule has 4 nitrogen and oxygen atoms in total. The Bertz CT molecular complexity index is 863. The van der Waals surface area contributed by atoms with Gasteiger partial charge >= 0.3 is 6.36 Å². The summed E-state index contributed by atoms with van der Waals surface area (Å²) in [5.74, 6) is -0.622. The number of rotatable bonds is 7. The van der Waals surface area contributed by atoms with E-state index in [0.717, 1.165) is 11.6 Å². The van der Waals surface area contributed by atoms with Crippen molar-refractivity contribution in [3.8, 4) is 5.75 Å². The molecule has 0 bridgehead atoms. The average molecular weight is 442 g/mol. The Morgan fingerprint density at radius 1 is 1.13 bits per heavy atom. The fourth-order valence-electron chi connectivity index (χ4n) is 3.67. The topological polar surface area (TPSA) is 49.8 Å². The Labute approximate surface area is 178 Å². The van der Waals surface area contributed by atoms with Crippen molar-refractivity contribution in [2.45, 2.75) is 37.6 Å². The molecule has 0 amide bonds. The van der Waals surface area contributed by atoms with Gasteiger partial charge in [-0.25, -0.2) is 0 Å². The largest absolute Gasteiger partial charge is 0.573 e. The van der Waals surface area contributed by atoms with Crippen molar-refractivity contribution in [2.75, 3.05) is 19.6 Å². The molecule has 30 heavy (non-hydrogen) atoms. The predicted octanol–water partition coefficient (Wildman–Crippen LogP) is 5.19. The first-order valence-electron chi connectivity index (χ1n) is 9.74. The highest BCUT2D eigenvalue weighted by molar-refractivity contribution is 6.30. The van der Waals surface area contributed by atoms with E-state index in [1.807, 2.05) is 12.1 Å². The number of nitrogens with zero attached hydrogens (tertiary/aromatic N) is 1. The Morgan fingerprint density at radius 3 is 2.43 bits per heavy atom. The third kappa shape index (κ3) is 6.20. The van der Waals surface area contributed by atoms with Gasteiger partial charge in [0.2, 0.25) is 0 Å². The highest BCUT2D eigenvalue weighted by Crippen LogP contribution is 2.33. The molecule has 8 heteroatoms. The normalized spacial score (nSPS) is 17.0. The van der Waals surface area contributed by atoms with Gasteiger partial charge in [0.25, 0.3) is 0 Å². The van der Waals surface area contributed by atoms with Gasteiger partial charge in [-0.15, -0.1) is 13.2 Å². The monoisotopic (exact) mass is 441 g/mol. The maximum absolute atomic E-state index is 12.3. The zero-order chi connectivity index (χ0) is 21.8. The maximum atomic E-state index is 12.3. The lowest BCUT2D eigenvalue weighted by Crippen LogP contribution is -2.42. The molecular formula is C22H23ClF3NO3. The molecule has 2 aromatic rings. The second-order valence-corrected chi connectivity index (χ2v) is 7.92. The number of hydrogen-bond donors (Lipinski definition) is 1. The van der Waals surface area contributed by atoms with Gasteiger partial charge in [0.15, 0.2) is 5.78 Å². The van der Waals surface area contributed by atoms with Gasteiger partial charge in [-0.1, -0.05) is 35.9 Å². The van der Waals surface area contributed by atoms with Gasteiger partial charge in [0.05, 0.1) is 5.60 Å². The van der Waals surface area contributed by atoms with Crippen LogP contribution in [0.25, 0.3) is 0 Å². The molecule has 1 heterocycles. The standard InChI is InChI=1S/C22H23ClF3NO3/c23-18-8-6-17(7-9-18)21(29)10-13-27(14-11-21)12-2-5-20(28)16-3-1-4-19(15-16)30-22(24,25)26/h1,3-4,6-9,15,29H,2,5,10-14H2. The summed E-state index contributed by atoms with van der Waals surface area (Å²) in [4.78, 5) is 14.5.